The lowest BCUT2D eigenvalue weighted by atomic mass is 10.1. The normalized spacial score (nSPS) is 11.5. The minimum atomic E-state index is -0.969. The number of esters is 1. The standard InChI is InChI=1S/C17H14ClNO6/c1-10(16(20)11-3-6-13(18)7-4-11)25-15-8-5-12(17(21)24-2)9-14(15)19(22)23/h3-10H,1-2H3/t10-/m1/s1. The summed E-state index contributed by atoms with van der Waals surface area (Å²) in [6, 6.07) is 9.84. The fourth-order valence-electron chi connectivity index (χ4n) is 2.10. The Bertz CT molecular complexity index is 818. The maximum atomic E-state index is 12.4. The van der Waals surface area contributed by atoms with Crippen molar-refractivity contribution < 1.29 is 24.0 Å². The first-order valence-electron chi connectivity index (χ1n) is 7.16. The van der Waals surface area contributed by atoms with Gasteiger partial charge in [-0.05, 0) is 43.3 Å². The monoisotopic (exact) mass is 363 g/mol. The molecule has 7 nitrogen and oxygen atoms in total. The van der Waals surface area contributed by atoms with Gasteiger partial charge in [0.1, 0.15) is 0 Å². The summed E-state index contributed by atoms with van der Waals surface area (Å²) in [5, 5.41) is 11.7. The Balaban J connectivity index is 2.26. The van der Waals surface area contributed by atoms with Crippen molar-refractivity contribution in [2.45, 2.75) is 13.0 Å². The molecule has 0 N–H and O–H groups in total. The summed E-state index contributed by atoms with van der Waals surface area (Å²) in [5.41, 5.74) is -0.0531. The highest BCUT2D eigenvalue weighted by atomic mass is 35.5. The number of halogens is 1. The van der Waals surface area contributed by atoms with E-state index in [9.17, 15) is 19.7 Å². The molecule has 0 spiro atoms. The first kappa shape index (κ1) is 18.4. The van der Waals surface area contributed by atoms with Crippen molar-refractivity contribution in [1.82, 2.24) is 0 Å². The van der Waals surface area contributed by atoms with E-state index in [1.165, 1.54) is 26.2 Å². The number of rotatable bonds is 6. The van der Waals surface area contributed by atoms with Gasteiger partial charge in [0.15, 0.2) is 11.9 Å². The van der Waals surface area contributed by atoms with Crippen LogP contribution in [0.2, 0.25) is 5.02 Å². The summed E-state index contributed by atoms with van der Waals surface area (Å²) in [4.78, 5) is 34.4. The Hall–Kier alpha value is -2.93. The second-order valence-electron chi connectivity index (χ2n) is 5.06. The molecule has 0 aliphatic carbocycles. The second-order valence-corrected chi connectivity index (χ2v) is 5.50. The number of nitro benzene ring substituents is 1. The van der Waals surface area contributed by atoms with E-state index < -0.39 is 22.7 Å². The van der Waals surface area contributed by atoms with E-state index in [1.807, 2.05) is 0 Å². The molecule has 0 aliphatic heterocycles. The predicted molar refractivity (Wildman–Crippen MR) is 90.3 cm³/mol. The number of methoxy groups -OCH3 is 1. The van der Waals surface area contributed by atoms with Gasteiger partial charge in [-0.3, -0.25) is 14.9 Å². The topological polar surface area (TPSA) is 95.7 Å². The van der Waals surface area contributed by atoms with E-state index in [1.54, 1.807) is 24.3 Å². The number of carbonyl (C=O) groups is 2. The molecule has 2 aromatic rings. The molecule has 2 rings (SSSR count). The number of ketones is 1. The Morgan fingerprint density at radius 1 is 1.12 bits per heavy atom. The van der Waals surface area contributed by atoms with Crippen LogP contribution in [-0.4, -0.2) is 29.9 Å². The van der Waals surface area contributed by atoms with Crippen molar-refractivity contribution in [2.75, 3.05) is 7.11 Å². The molecule has 0 radical (unpaired) electrons. The van der Waals surface area contributed by atoms with Crippen LogP contribution in [0, 0.1) is 10.1 Å². The maximum absolute atomic E-state index is 12.4. The maximum Gasteiger partial charge on any atom is 0.338 e. The minimum absolute atomic E-state index is 0.0123. The van der Waals surface area contributed by atoms with Gasteiger partial charge in [-0.15, -0.1) is 0 Å². The van der Waals surface area contributed by atoms with Gasteiger partial charge in [0, 0.05) is 16.7 Å². The van der Waals surface area contributed by atoms with Crippen molar-refractivity contribution in [3.05, 3.63) is 68.7 Å². The number of carbonyl (C=O) groups excluding carboxylic acids is 2. The van der Waals surface area contributed by atoms with E-state index in [0.29, 0.717) is 10.6 Å². The zero-order valence-electron chi connectivity index (χ0n) is 13.4. The third kappa shape index (κ3) is 4.33. The summed E-state index contributed by atoms with van der Waals surface area (Å²) >= 11 is 5.78. The van der Waals surface area contributed by atoms with Crippen molar-refractivity contribution in [1.29, 1.82) is 0 Å². The van der Waals surface area contributed by atoms with Crippen molar-refractivity contribution in [3.8, 4) is 5.75 Å². The van der Waals surface area contributed by atoms with Gasteiger partial charge in [0.05, 0.1) is 17.6 Å². The average Bonchev–Trinajstić information content (AvgIpc) is 2.61. The Kier molecular flexibility index (Phi) is 5.71. The molecule has 0 saturated heterocycles. The predicted octanol–water partition coefficient (Wildman–Crippen LogP) is 3.69. The molecule has 0 aromatic heterocycles. The third-order valence-corrected chi connectivity index (χ3v) is 3.63. The van der Waals surface area contributed by atoms with Crippen LogP contribution in [0.1, 0.15) is 27.6 Å². The number of hydrogen-bond acceptors (Lipinski definition) is 6. The first-order chi connectivity index (χ1) is 11.8. The van der Waals surface area contributed by atoms with Crippen LogP contribution < -0.4 is 4.74 Å². The molecule has 0 unspecified atom stereocenters. The fraction of sp³-hybridized carbons (Fsp3) is 0.176. The first-order valence-corrected chi connectivity index (χ1v) is 7.54. The molecule has 0 aliphatic rings. The van der Waals surface area contributed by atoms with Gasteiger partial charge in [-0.25, -0.2) is 4.79 Å². The molecule has 0 bridgehead atoms. The number of benzene rings is 2. The van der Waals surface area contributed by atoms with Crippen LogP contribution in [-0.2, 0) is 4.74 Å². The molecule has 8 heteroatoms. The second kappa shape index (κ2) is 7.76. The highest BCUT2D eigenvalue weighted by Crippen LogP contribution is 2.29. The van der Waals surface area contributed by atoms with Crippen molar-refractivity contribution >= 4 is 29.0 Å². The van der Waals surface area contributed by atoms with Gasteiger partial charge in [-0.1, -0.05) is 11.6 Å². The van der Waals surface area contributed by atoms with Crippen molar-refractivity contribution in [3.63, 3.8) is 0 Å². The van der Waals surface area contributed by atoms with Crippen LogP contribution >= 0.6 is 11.6 Å². The van der Waals surface area contributed by atoms with E-state index >= 15 is 0 Å². The third-order valence-electron chi connectivity index (χ3n) is 3.38. The van der Waals surface area contributed by atoms with Crippen LogP contribution in [0.5, 0.6) is 5.75 Å². The van der Waals surface area contributed by atoms with Gasteiger partial charge >= 0.3 is 11.7 Å². The lowest BCUT2D eigenvalue weighted by Crippen LogP contribution is -2.24. The number of ether oxygens (including phenoxy) is 2. The Morgan fingerprint density at radius 2 is 1.72 bits per heavy atom. The molecule has 0 heterocycles. The van der Waals surface area contributed by atoms with E-state index in [-0.39, 0.29) is 17.1 Å². The van der Waals surface area contributed by atoms with Gasteiger partial charge < -0.3 is 9.47 Å². The number of nitro groups is 1. The molecular weight excluding hydrogens is 350 g/mol. The Morgan fingerprint density at radius 3 is 2.28 bits per heavy atom. The summed E-state index contributed by atoms with van der Waals surface area (Å²) < 4.78 is 9.98. The summed E-state index contributed by atoms with van der Waals surface area (Å²) in [5.74, 6) is -1.18. The summed E-state index contributed by atoms with van der Waals surface area (Å²) in [7, 11) is 1.17. The van der Waals surface area contributed by atoms with Crippen LogP contribution in [0.15, 0.2) is 42.5 Å². The van der Waals surface area contributed by atoms with E-state index in [4.69, 9.17) is 16.3 Å². The molecule has 25 heavy (non-hydrogen) atoms. The zero-order valence-corrected chi connectivity index (χ0v) is 14.1. The molecule has 2 aromatic carbocycles. The summed E-state index contributed by atoms with van der Waals surface area (Å²) in [6.45, 7) is 1.48. The van der Waals surface area contributed by atoms with E-state index in [2.05, 4.69) is 4.74 Å². The average molecular weight is 364 g/mol. The SMILES string of the molecule is COC(=O)c1ccc(O[C@H](C)C(=O)c2ccc(Cl)cc2)c([N+](=O)[O-])c1. The zero-order chi connectivity index (χ0) is 18.6. The largest absolute Gasteiger partial charge is 0.475 e. The fourth-order valence-corrected chi connectivity index (χ4v) is 2.22. The molecule has 0 amide bonds. The molecule has 0 fully saturated rings. The Labute approximate surface area is 148 Å². The molecule has 1 atom stereocenters. The number of Topliss-reactive ketones (excluding diaryl/α,β-unsaturated/α-hetero) is 1. The van der Waals surface area contributed by atoms with Crippen LogP contribution in [0.3, 0.4) is 0 Å². The molecule has 0 saturated carbocycles. The van der Waals surface area contributed by atoms with Crippen LogP contribution in [0.4, 0.5) is 5.69 Å². The van der Waals surface area contributed by atoms with Gasteiger partial charge in [0.2, 0.25) is 5.78 Å². The lowest BCUT2D eigenvalue weighted by molar-refractivity contribution is -0.386. The molecule has 130 valence electrons. The summed E-state index contributed by atoms with van der Waals surface area (Å²) in [6.07, 6.45) is -0.969. The lowest BCUT2D eigenvalue weighted by Gasteiger charge is -2.14. The highest BCUT2D eigenvalue weighted by molar-refractivity contribution is 6.30. The van der Waals surface area contributed by atoms with Crippen molar-refractivity contribution in [2.24, 2.45) is 0 Å². The number of hydrogen-bond donors (Lipinski definition) is 0. The smallest absolute Gasteiger partial charge is 0.338 e. The van der Waals surface area contributed by atoms with E-state index in [0.717, 1.165) is 6.07 Å². The number of nitrogens with zero attached hydrogens (tertiary/aromatic N) is 1. The quantitative estimate of drug-likeness (QED) is 0.336. The van der Waals surface area contributed by atoms with Crippen LogP contribution in [0.25, 0.3) is 0 Å². The highest BCUT2D eigenvalue weighted by Gasteiger charge is 2.24. The van der Waals surface area contributed by atoms with Gasteiger partial charge in [-0.2, -0.15) is 0 Å². The molecular formula is C17H14ClNO6. The minimum Gasteiger partial charge on any atom is -0.475 e. The van der Waals surface area contributed by atoms with Gasteiger partial charge in [0.25, 0.3) is 0 Å².